The zero-order valence-electron chi connectivity index (χ0n) is 11.3. The van der Waals surface area contributed by atoms with Gasteiger partial charge in [-0.1, -0.05) is 20.3 Å². The lowest BCUT2D eigenvalue weighted by atomic mass is 9.78. The van der Waals surface area contributed by atoms with Crippen molar-refractivity contribution in [3.05, 3.63) is 0 Å². The SMILES string of the molecule is CCC1(C)CCN(C(=O)[C@@H]2CCCNC2)CC1. The fourth-order valence-electron chi connectivity index (χ4n) is 2.94. The Morgan fingerprint density at radius 2 is 2.12 bits per heavy atom. The van der Waals surface area contributed by atoms with Gasteiger partial charge in [0, 0.05) is 19.6 Å². The summed E-state index contributed by atoms with van der Waals surface area (Å²) in [6.07, 6.45) is 5.81. The highest BCUT2D eigenvalue weighted by molar-refractivity contribution is 5.79. The molecule has 2 saturated heterocycles. The molecular formula is C14H26N2O. The second-order valence-electron chi connectivity index (χ2n) is 6.03. The molecule has 98 valence electrons. The van der Waals surface area contributed by atoms with Gasteiger partial charge in [-0.2, -0.15) is 0 Å². The molecule has 1 atom stereocenters. The molecule has 2 heterocycles. The van der Waals surface area contributed by atoms with Crippen molar-refractivity contribution in [2.75, 3.05) is 26.2 Å². The molecule has 1 amide bonds. The summed E-state index contributed by atoms with van der Waals surface area (Å²) < 4.78 is 0. The fraction of sp³-hybridized carbons (Fsp3) is 0.929. The second-order valence-corrected chi connectivity index (χ2v) is 6.03. The number of hydrogen-bond acceptors (Lipinski definition) is 2. The van der Waals surface area contributed by atoms with Crippen LogP contribution in [0.3, 0.4) is 0 Å². The first-order valence-corrected chi connectivity index (χ1v) is 7.14. The highest BCUT2D eigenvalue weighted by Crippen LogP contribution is 2.34. The van der Waals surface area contributed by atoms with Gasteiger partial charge in [0.05, 0.1) is 5.92 Å². The minimum Gasteiger partial charge on any atom is -0.342 e. The molecule has 0 aromatic heterocycles. The van der Waals surface area contributed by atoms with Gasteiger partial charge in [0.2, 0.25) is 5.91 Å². The van der Waals surface area contributed by atoms with Gasteiger partial charge in [-0.05, 0) is 37.6 Å². The molecule has 0 aliphatic carbocycles. The monoisotopic (exact) mass is 238 g/mol. The smallest absolute Gasteiger partial charge is 0.226 e. The molecular weight excluding hydrogens is 212 g/mol. The molecule has 2 rings (SSSR count). The Kier molecular flexibility index (Phi) is 4.08. The van der Waals surface area contributed by atoms with Gasteiger partial charge in [0.25, 0.3) is 0 Å². The Labute approximate surface area is 105 Å². The maximum absolute atomic E-state index is 12.3. The molecule has 0 aromatic rings. The van der Waals surface area contributed by atoms with E-state index in [-0.39, 0.29) is 5.92 Å². The first kappa shape index (κ1) is 12.9. The van der Waals surface area contributed by atoms with Crippen molar-refractivity contribution in [3.8, 4) is 0 Å². The van der Waals surface area contributed by atoms with Crippen LogP contribution in [-0.2, 0) is 4.79 Å². The Balaban J connectivity index is 1.85. The van der Waals surface area contributed by atoms with Gasteiger partial charge in [-0.25, -0.2) is 0 Å². The van der Waals surface area contributed by atoms with Crippen LogP contribution in [-0.4, -0.2) is 37.0 Å². The highest BCUT2D eigenvalue weighted by atomic mass is 16.2. The second kappa shape index (κ2) is 5.38. The largest absolute Gasteiger partial charge is 0.342 e. The predicted octanol–water partition coefficient (Wildman–Crippen LogP) is 2.02. The van der Waals surface area contributed by atoms with E-state index in [1.54, 1.807) is 0 Å². The first-order valence-electron chi connectivity index (χ1n) is 7.14. The maximum atomic E-state index is 12.3. The third kappa shape index (κ3) is 3.01. The number of carbonyl (C=O) groups excluding carboxylic acids is 1. The molecule has 0 unspecified atom stereocenters. The third-order valence-electron chi connectivity index (χ3n) is 4.78. The molecule has 0 radical (unpaired) electrons. The number of nitrogens with zero attached hydrogens (tertiary/aromatic N) is 1. The van der Waals surface area contributed by atoms with Crippen molar-refractivity contribution < 1.29 is 4.79 Å². The summed E-state index contributed by atoms with van der Waals surface area (Å²) in [5, 5.41) is 3.33. The van der Waals surface area contributed by atoms with Crippen LogP contribution >= 0.6 is 0 Å². The number of hydrogen-bond donors (Lipinski definition) is 1. The molecule has 0 spiro atoms. The number of nitrogens with one attached hydrogen (secondary N) is 1. The van der Waals surface area contributed by atoms with Crippen LogP contribution in [0.2, 0.25) is 0 Å². The van der Waals surface area contributed by atoms with Crippen LogP contribution < -0.4 is 5.32 Å². The molecule has 17 heavy (non-hydrogen) atoms. The number of amides is 1. The maximum Gasteiger partial charge on any atom is 0.226 e. The predicted molar refractivity (Wildman–Crippen MR) is 69.8 cm³/mol. The highest BCUT2D eigenvalue weighted by Gasteiger charge is 2.33. The van der Waals surface area contributed by atoms with E-state index >= 15 is 0 Å². The minimum atomic E-state index is 0.245. The van der Waals surface area contributed by atoms with E-state index in [2.05, 4.69) is 24.1 Å². The van der Waals surface area contributed by atoms with Gasteiger partial charge < -0.3 is 10.2 Å². The average Bonchev–Trinajstić information content (AvgIpc) is 2.40. The first-order chi connectivity index (χ1) is 8.14. The van der Waals surface area contributed by atoms with Gasteiger partial charge >= 0.3 is 0 Å². The van der Waals surface area contributed by atoms with Crippen LogP contribution in [0.25, 0.3) is 0 Å². The van der Waals surface area contributed by atoms with E-state index < -0.39 is 0 Å². The van der Waals surface area contributed by atoms with Crippen molar-refractivity contribution in [3.63, 3.8) is 0 Å². The fourth-order valence-corrected chi connectivity index (χ4v) is 2.94. The molecule has 2 aliphatic rings. The molecule has 3 heteroatoms. The normalized spacial score (nSPS) is 29.1. The van der Waals surface area contributed by atoms with Gasteiger partial charge in [0.15, 0.2) is 0 Å². The quantitative estimate of drug-likeness (QED) is 0.798. The molecule has 0 saturated carbocycles. The summed E-state index contributed by atoms with van der Waals surface area (Å²) in [5.74, 6) is 0.644. The van der Waals surface area contributed by atoms with Crippen LogP contribution in [0.1, 0.15) is 46.0 Å². The summed E-state index contributed by atoms with van der Waals surface area (Å²) in [4.78, 5) is 14.4. The van der Waals surface area contributed by atoms with Crippen LogP contribution in [0, 0.1) is 11.3 Å². The number of carbonyl (C=O) groups is 1. The van der Waals surface area contributed by atoms with Gasteiger partial charge in [-0.3, -0.25) is 4.79 Å². The molecule has 1 N–H and O–H groups in total. The Bertz CT molecular complexity index is 263. The lowest BCUT2D eigenvalue weighted by molar-refractivity contribution is -0.138. The van der Waals surface area contributed by atoms with Crippen LogP contribution in [0.4, 0.5) is 0 Å². The van der Waals surface area contributed by atoms with Crippen molar-refractivity contribution in [2.45, 2.75) is 46.0 Å². The van der Waals surface area contributed by atoms with Crippen molar-refractivity contribution in [2.24, 2.45) is 11.3 Å². The zero-order valence-corrected chi connectivity index (χ0v) is 11.3. The zero-order chi connectivity index (χ0) is 12.3. The van der Waals surface area contributed by atoms with Crippen molar-refractivity contribution >= 4 is 5.91 Å². The van der Waals surface area contributed by atoms with Crippen LogP contribution in [0.5, 0.6) is 0 Å². The van der Waals surface area contributed by atoms with E-state index in [1.165, 1.54) is 19.3 Å². The summed E-state index contributed by atoms with van der Waals surface area (Å²) in [6.45, 7) is 8.54. The van der Waals surface area contributed by atoms with E-state index in [0.29, 0.717) is 11.3 Å². The summed E-state index contributed by atoms with van der Waals surface area (Å²) >= 11 is 0. The summed E-state index contributed by atoms with van der Waals surface area (Å²) in [6, 6.07) is 0. The van der Waals surface area contributed by atoms with Gasteiger partial charge in [-0.15, -0.1) is 0 Å². The van der Waals surface area contributed by atoms with Crippen LogP contribution in [0.15, 0.2) is 0 Å². The number of rotatable bonds is 2. The Hall–Kier alpha value is -0.570. The van der Waals surface area contributed by atoms with Gasteiger partial charge in [0.1, 0.15) is 0 Å². The topological polar surface area (TPSA) is 32.3 Å². The molecule has 2 fully saturated rings. The van der Waals surface area contributed by atoms with E-state index in [4.69, 9.17) is 0 Å². The Morgan fingerprint density at radius 3 is 2.65 bits per heavy atom. The van der Waals surface area contributed by atoms with E-state index in [0.717, 1.165) is 39.0 Å². The lowest BCUT2D eigenvalue weighted by Crippen LogP contribution is -2.47. The van der Waals surface area contributed by atoms with Crippen molar-refractivity contribution in [1.82, 2.24) is 10.2 Å². The summed E-state index contributed by atoms with van der Waals surface area (Å²) in [7, 11) is 0. The standard InChI is InChI=1S/C14H26N2O/c1-3-14(2)6-9-16(10-7-14)13(17)12-5-4-8-15-11-12/h12,15H,3-11H2,1-2H3/t12-/m1/s1. The Morgan fingerprint density at radius 1 is 1.41 bits per heavy atom. The lowest BCUT2D eigenvalue weighted by Gasteiger charge is -2.40. The summed E-state index contributed by atoms with van der Waals surface area (Å²) in [5.41, 5.74) is 0.474. The molecule has 0 aromatic carbocycles. The third-order valence-corrected chi connectivity index (χ3v) is 4.78. The van der Waals surface area contributed by atoms with E-state index in [9.17, 15) is 4.79 Å². The van der Waals surface area contributed by atoms with Crippen molar-refractivity contribution in [1.29, 1.82) is 0 Å². The average molecular weight is 238 g/mol. The minimum absolute atomic E-state index is 0.245. The molecule has 0 bridgehead atoms. The molecule has 3 nitrogen and oxygen atoms in total. The molecule has 2 aliphatic heterocycles. The number of piperidine rings is 2. The number of likely N-dealkylation sites (tertiary alicyclic amines) is 1. The van der Waals surface area contributed by atoms with E-state index in [1.807, 2.05) is 0 Å².